The minimum Gasteiger partial charge on any atom is -0.462 e. The summed E-state index contributed by atoms with van der Waals surface area (Å²) in [5.41, 5.74) is 0. The highest BCUT2D eigenvalue weighted by atomic mass is 19.1. The molecule has 0 N–H and O–H groups in total. The van der Waals surface area contributed by atoms with Crippen LogP contribution in [-0.2, 0) is 0 Å². The maximum atomic E-state index is 14.6. The van der Waals surface area contributed by atoms with Crippen molar-refractivity contribution in [2.75, 3.05) is 18.1 Å². The fraction of sp³-hybridized carbons (Fsp3) is 0.625. The molecule has 0 saturated carbocycles. The zero-order valence-electron chi connectivity index (χ0n) is 12.7. The number of hydrogen-bond acceptors (Lipinski definition) is 4. The van der Waals surface area contributed by atoms with Gasteiger partial charge in [0.1, 0.15) is 6.33 Å². The van der Waals surface area contributed by atoms with E-state index in [0.29, 0.717) is 11.9 Å². The van der Waals surface area contributed by atoms with Crippen LogP contribution in [0.3, 0.4) is 0 Å². The van der Waals surface area contributed by atoms with E-state index < -0.39 is 5.82 Å². The third kappa shape index (κ3) is 3.84. The number of rotatable bonds is 4. The number of anilines is 1. The van der Waals surface area contributed by atoms with Gasteiger partial charge in [-0.25, -0.2) is 4.98 Å². The first-order valence-electron chi connectivity index (χ1n) is 7.57. The number of nitrogens with zero attached hydrogens (tertiary/aromatic N) is 3. The molecule has 2 rings (SSSR count). The summed E-state index contributed by atoms with van der Waals surface area (Å²) in [6.07, 6.45) is 6.88. The van der Waals surface area contributed by atoms with Crippen molar-refractivity contribution < 1.29 is 9.13 Å². The predicted molar refractivity (Wildman–Crippen MR) is 80.8 cm³/mol. The molecule has 1 atom stereocenters. The summed E-state index contributed by atoms with van der Waals surface area (Å²) in [4.78, 5) is 10.1. The Morgan fingerprint density at radius 1 is 1.38 bits per heavy atom. The van der Waals surface area contributed by atoms with Crippen LogP contribution < -0.4 is 9.64 Å². The highest BCUT2D eigenvalue weighted by Gasteiger charge is 2.25. The zero-order chi connectivity index (χ0) is 15.1. The average Bonchev–Trinajstić information content (AvgIpc) is 2.74. The van der Waals surface area contributed by atoms with Gasteiger partial charge in [0.15, 0.2) is 12.4 Å². The van der Waals surface area contributed by atoms with Crippen LogP contribution in [0.1, 0.15) is 46.0 Å². The second-order valence-corrected chi connectivity index (χ2v) is 5.14. The molecular weight excluding hydrogens is 269 g/mol. The van der Waals surface area contributed by atoms with Crippen LogP contribution in [0.2, 0.25) is 0 Å². The van der Waals surface area contributed by atoms with Crippen LogP contribution in [-0.4, -0.2) is 29.2 Å². The van der Waals surface area contributed by atoms with Crippen molar-refractivity contribution in [1.29, 1.82) is 0 Å². The molecule has 1 saturated heterocycles. The Kier molecular flexibility index (Phi) is 5.79. The molecule has 0 spiro atoms. The van der Waals surface area contributed by atoms with Crippen molar-refractivity contribution in [3.05, 3.63) is 12.1 Å². The fourth-order valence-electron chi connectivity index (χ4n) is 2.70. The third-order valence-corrected chi connectivity index (χ3v) is 3.82. The Morgan fingerprint density at radius 3 is 3.00 bits per heavy atom. The van der Waals surface area contributed by atoms with Crippen molar-refractivity contribution in [2.24, 2.45) is 0 Å². The molecule has 1 fully saturated rings. The first-order valence-corrected chi connectivity index (χ1v) is 7.57. The smallest absolute Gasteiger partial charge is 0.256 e. The van der Waals surface area contributed by atoms with E-state index in [1.165, 1.54) is 19.2 Å². The normalized spacial score (nSPS) is 18.6. The summed E-state index contributed by atoms with van der Waals surface area (Å²) in [5, 5.41) is 0. The molecule has 1 unspecified atom stereocenters. The maximum Gasteiger partial charge on any atom is 0.256 e. The molecule has 1 aliphatic rings. The lowest BCUT2D eigenvalue weighted by molar-refractivity contribution is 0.330. The maximum absolute atomic E-state index is 14.6. The lowest BCUT2D eigenvalue weighted by Gasteiger charge is -2.30. The second kappa shape index (κ2) is 7.82. The molecule has 0 aliphatic carbocycles. The summed E-state index contributed by atoms with van der Waals surface area (Å²) >= 11 is 0. The molecule has 21 heavy (non-hydrogen) atoms. The molecule has 2 heterocycles. The van der Waals surface area contributed by atoms with Gasteiger partial charge in [0.05, 0.1) is 0 Å². The predicted octanol–water partition coefficient (Wildman–Crippen LogP) is 3.18. The van der Waals surface area contributed by atoms with Gasteiger partial charge >= 0.3 is 0 Å². The van der Waals surface area contributed by atoms with Crippen LogP contribution in [0.15, 0.2) is 6.33 Å². The van der Waals surface area contributed by atoms with Gasteiger partial charge in [0.2, 0.25) is 5.82 Å². The molecule has 1 aliphatic heterocycles. The molecule has 114 valence electrons. The van der Waals surface area contributed by atoms with E-state index >= 15 is 0 Å². The third-order valence-electron chi connectivity index (χ3n) is 3.82. The van der Waals surface area contributed by atoms with E-state index in [0.717, 1.165) is 25.8 Å². The number of halogens is 1. The molecule has 0 radical (unpaired) electrons. The first-order chi connectivity index (χ1) is 10.3. The Bertz CT molecular complexity index is 524. The first kappa shape index (κ1) is 15.6. The van der Waals surface area contributed by atoms with Crippen LogP contribution in [0.25, 0.3) is 0 Å². The van der Waals surface area contributed by atoms with Gasteiger partial charge in [-0.3, -0.25) is 0 Å². The van der Waals surface area contributed by atoms with E-state index in [-0.39, 0.29) is 12.5 Å². The summed E-state index contributed by atoms with van der Waals surface area (Å²) < 4.78 is 19.9. The van der Waals surface area contributed by atoms with E-state index in [2.05, 4.69) is 33.6 Å². The van der Waals surface area contributed by atoms with Crippen molar-refractivity contribution in [3.63, 3.8) is 0 Å². The summed E-state index contributed by atoms with van der Waals surface area (Å²) in [5.74, 6) is 5.32. The standard InChI is InChI=1S/C16H22FN3O/c1-3-5-11-21-16-14(17)15(18-12-19-16)20-10-8-6-7-9-13(20)4-2/h12-13H,4,6-11H2,1-2H3. The van der Waals surface area contributed by atoms with Crippen LogP contribution in [0.4, 0.5) is 10.2 Å². The largest absolute Gasteiger partial charge is 0.462 e. The lowest BCUT2D eigenvalue weighted by Crippen LogP contribution is -2.35. The van der Waals surface area contributed by atoms with Gasteiger partial charge in [0, 0.05) is 12.6 Å². The van der Waals surface area contributed by atoms with Crippen molar-refractivity contribution in [3.8, 4) is 17.7 Å². The minimum absolute atomic E-state index is 0.0122. The molecular formula is C16H22FN3O. The molecule has 1 aromatic rings. The average molecular weight is 291 g/mol. The van der Waals surface area contributed by atoms with E-state index in [1.54, 1.807) is 6.92 Å². The monoisotopic (exact) mass is 291 g/mol. The summed E-state index contributed by atoms with van der Waals surface area (Å²) in [6.45, 7) is 4.83. The second-order valence-electron chi connectivity index (χ2n) is 5.14. The van der Waals surface area contributed by atoms with Gasteiger partial charge in [-0.15, -0.1) is 5.92 Å². The molecule has 0 aromatic carbocycles. The summed E-state index contributed by atoms with van der Waals surface area (Å²) in [7, 11) is 0. The van der Waals surface area contributed by atoms with Crippen LogP contribution in [0.5, 0.6) is 5.88 Å². The highest BCUT2D eigenvalue weighted by Crippen LogP contribution is 2.29. The topological polar surface area (TPSA) is 38.3 Å². The summed E-state index contributed by atoms with van der Waals surface area (Å²) in [6, 6.07) is 0.334. The van der Waals surface area contributed by atoms with Gasteiger partial charge in [-0.2, -0.15) is 9.37 Å². The van der Waals surface area contributed by atoms with Gasteiger partial charge in [-0.05, 0) is 26.2 Å². The molecule has 0 amide bonds. The van der Waals surface area contributed by atoms with Gasteiger partial charge in [-0.1, -0.05) is 25.7 Å². The molecule has 1 aromatic heterocycles. The quantitative estimate of drug-likeness (QED) is 0.799. The number of hydrogen-bond donors (Lipinski definition) is 0. The van der Waals surface area contributed by atoms with Gasteiger partial charge < -0.3 is 9.64 Å². The Morgan fingerprint density at radius 2 is 2.24 bits per heavy atom. The van der Waals surface area contributed by atoms with Crippen molar-refractivity contribution in [1.82, 2.24) is 9.97 Å². The minimum atomic E-state index is -0.476. The Labute approximate surface area is 125 Å². The SMILES string of the molecule is CC#CCOc1ncnc(N2CCCCCC2CC)c1F. The van der Waals surface area contributed by atoms with Crippen LogP contribution >= 0.6 is 0 Å². The van der Waals surface area contributed by atoms with Crippen molar-refractivity contribution in [2.45, 2.75) is 52.0 Å². The number of aromatic nitrogens is 2. The van der Waals surface area contributed by atoms with Crippen molar-refractivity contribution >= 4 is 5.82 Å². The van der Waals surface area contributed by atoms with E-state index in [1.807, 2.05) is 0 Å². The lowest BCUT2D eigenvalue weighted by atomic mass is 10.1. The van der Waals surface area contributed by atoms with Crippen LogP contribution in [0, 0.1) is 17.7 Å². The van der Waals surface area contributed by atoms with E-state index in [4.69, 9.17) is 4.74 Å². The molecule has 0 bridgehead atoms. The molecule has 4 nitrogen and oxygen atoms in total. The van der Waals surface area contributed by atoms with E-state index in [9.17, 15) is 4.39 Å². The highest BCUT2D eigenvalue weighted by molar-refractivity contribution is 5.44. The Hall–Kier alpha value is -1.83. The number of ether oxygens (including phenoxy) is 1. The fourth-order valence-corrected chi connectivity index (χ4v) is 2.70. The molecule has 5 heteroatoms. The zero-order valence-corrected chi connectivity index (χ0v) is 12.7. The Balaban J connectivity index is 2.24. The van der Waals surface area contributed by atoms with Gasteiger partial charge in [0.25, 0.3) is 5.88 Å².